The molecular formula is C21H24N4O2. The van der Waals surface area contributed by atoms with Crippen LogP contribution in [0.2, 0.25) is 0 Å². The summed E-state index contributed by atoms with van der Waals surface area (Å²) in [4.78, 5) is 28.7. The van der Waals surface area contributed by atoms with E-state index in [-0.39, 0.29) is 17.5 Å². The van der Waals surface area contributed by atoms with Crippen LogP contribution in [0.4, 0.5) is 0 Å². The van der Waals surface area contributed by atoms with Crippen LogP contribution in [0.1, 0.15) is 47.8 Å². The Morgan fingerprint density at radius 1 is 1.30 bits per heavy atom. The van der Waals surface area contributed by atoms with Gasteiger partial charge in [0.05, 0.1) is 6.04 Å². The lowest BCUT2D eigenvalue weighted by molar-refractivity contribution is -0.122. The second kappa shape index (κ2) is 7.02. The van der Waals surface area contributed by atoms with Crippen LogP contribution in [0.15, 0.2) is 41.2 Å². The summed E-state index contributed by atoms with van der Waals surface area (Å²) in [6.07, 6.45) is 3.33. The number of benzene rings is 1. The Hall–Kier alpha value is -2.89. The van der Waals surface area contributed by atoms with Gasteiger partial charge in [-0.3, -0.25) is 14.7 Å². The molecular weight excluding hydrogens is 340 g/mol. The molecule has 27 heavy (non-hydrogen) atoms. The van der Waals surface area contributed by atoms with E-state index >= 15 is 0 Å². The Kier molecular flexibility index (Phi) is 4.56. The lowest BCUT2D eigenvalue weighted by Gasteiger charge is -2.19. The average molecular weight is 364 g/mol. The van der Waals surface area contributed by atoms with Crippen LogP contribution in [0, 0.1) is 19.8 Å². The first kappa shape index (κ1) is 17.5. The van der Waals surface area contributed by atoms with Gasteiger partial charge in [-0.25, -0.2) is 9.50 Å². The second-order valence-electron chi connectivity index (χ2n) is 7.37. The molecule has 1 saturated carbocycles. The molecule has 0 radical (unpaired) electrons. The van der Waals surface area contributed by atoms with Gasteiger partial charge in [0.1, 0.15) is 0 Å². The van der Waals surface area contributed by atoms with Crippen LogP contribution in [0.5, 0.6) is 0 Å². The normalized spacial score (nSPS) is 15.0. The highest BCUT2D eigenvalue weighted by Crippen LogP contribution is 2.41. The monoisotopic (exact) mass is 364 g/mol. The Morgan fingerprint density at radius 3 is 2.74 bits per heavy atom. The van der Waals surface area contributed by atoms with E-state index in [0.717, 1.165) is 17.0 Å². The number of nitrogens with zero attached hydrogens (tertiary/aromatic N) is 2. The van der Waals surface area contributed by atoms with E-state index in [4.69, 9.17) is 0 Å². The topological polar surface area (TPSA) is 79.3 Å². The molecule has 1 fully saturated rings. The molecule has 1 amide bonds. The van der Waals surface area contributed by atoms with Gasteiger partial charge < -0.3 is 5.32 Å². The summed E-state index contributed by atoms with van der Waals surface area (Å²) in [5.74, 6) is 0.596. The lowest BCUT2D eigenvalue weighted by atomic mass is 10.0. The maximum atomic E-state index is 12.6. The number of carbonyl (C=O) groups excluding carboxylic acids is 1. The zero-order valence-electron chi connectivity index (χ0n) is 15.7. The van der Waals surface area contributed by atoms with Crippen LogP contribution in [0.25, 0.3) is 5.65 Å². The summed E-state index contributed by atoms with van der Waals surface area (Å²) in [6, 6.07) is 11.8. The van der Waals surface area contributed by atoms with Crippen LogP contribution in [-0.4, -0.2) is 20.5 Å². The number of carbonyl (C=O) groups is 1. The van der Waals surface area contributed by atoms with Crippen molar-refractivity contribution in [1.29, 1.82) is 0 Å². The molecule has 0 unspecified atom stereocenters. The molecule has 4 rings (SSSR count). The molecule has 1 atom stereocenters. The van der Waals surface area contributed by atoms with Crippen molar-refractivity contribution in [2.24, 2.45) is 5.92 Å². The first-order chi connectivity index (χ1) is 13.0. The molecule has 1 aliphatic rings. The molecule has 3 aromatic rings. The maximum Gasteiger partial charge on any atom is 0.266 e. The number of aromatic amines is 1. The van der Waals surface area contributed by atoms with Crippen molar-refractivity contribution in [1.82, 2.24) is 19.9 Å². The number of rotatable bonds is 6. The number of hydrogen-bond donors (Lipinski definition) is 2. The lowest BCUT2D eigenvalue weighted by Crippen LogP contribution is -2.30. The molecule has 2 heterocycles. The number of aryl methyl sites for hydroxylation is 2. The summed E-state index contributed by atoms with van der Waals surface area (Å²) < 4.78 is 1.69. The standard InChI is InChI=1S/C21H24N4O2/c1-13-17(14(2)25-18(22-13)12-20(27)24-25)10-11-19(26)23-21(16-8-9-16)15-6-4-3-5-7-15/h3-7,12,16,21H,8-11H2,1-2H3,(H,23,26)(H,24,27)/t21-/m1/s1. The number of hydrogen-bond acceptors (Lipinski definition) is 3. The zero-order chi connectivity index (χ0) is 19.0. The first-order valence-electron chi connectivity index (χ1n) is 9.45. The van der Waals surface area contributed by atoms with Crippen LogP contribution < -0.4 is 10.9 Å². The van der Waals surface area contributed by atoms with Gasteiger partial charge in [-0.15, -0.1) is 0 Å². The highest BCUT2D eigenvalue weighted by atomic mass is 16.1. The third kappa shape index (κ3) is 3.65. The van der Waals surface area contributed by atoms with Crippen molar-refractivity contribution in [2.45, 2.75) is 45.6 Å². The predicted octanol–water partition coefficient (Wildman–Crippen LogP) is 2.84. The van der Waals surface area contributed by atoms with Crippen molar-refractivity contribution in [3.05, 3.63) is 69.3 Å². The molecule has 0 bridgehead atoms. The van der Waals surface area contributed by atoms with E-state index in [9.17, 15) is 9.59 Å². The van der Waals surface area contributed by atoms with Crippen molar-refractivity contribution in [3.63, 3.8) is 0 Å². The SMILES string of the molecule is Cc1nc2cc(=O)[nH]n2c(C)c1CCC(=O)N[C@H](c1ccccc1)C1CC1. The smallest absolute Gasteiger partial charge is 0.266 e. The van der Waals surface area contributed by atoms with Gasteiger partial charge in [0.2, 0.25) is 5.91 Å². The van der Waals surface area contributed by atoms with Crippen molar-refractivity contribution < 1.29 is 4.79 Å². The van der Waals surface area contributed by atoms with E-state index in [1.165, 1.54) is 24.5 Å². The molecule has 0 aliphatic heterocycles. The highest BCUT2D eigenvalue weighted by Gasteiger charge is 2.33. The Bertz CT molecular complexity index is 1030. The van der Waals surface area contributed by atoms with Gasteiger partial charge in [-0.2, -0.15) is 0 Å². The van der Waals surface area contributed by atoms with Crippen LogP contribution in [-0.2, 0) is 11.2 Å². The molecule has 6 nitrogen and oxygen atoms in total. The number of H-pyrrole nitrogens is 1. The van der Waals surface area contributed by atoms with Crippen molar-refractivity contribution in [2.75, 3.05) is 0 Å². The summed E-state index contributed by atoms with van der Waals surface area (Å²) in [5, 5.41) is 5.98. The molecule has 0 saturated heterocycles. The molecule has 2 aromatic heterocycles. The fourth-order valence-corrected chi connectivity index (χ4v) is 3.76. The summed E-state index contributed by atoms with van der Waals surface area (Å²) in [6.45, 7) is 3.87. The molecule has 2 N–H and O–H groups in total. The van der Waals surface area contributed by atoms with Gasteiger partial charge in [0.25, 0.3) is 5.56 Å². The first-order valence-corrected chi connectivity index (χ1v) is 9.45. The Labute approximate surface area is 157 Å². The quantitative estimate of drug-likeness (QED) is 0.706. The van der Waals surface area contributed by atoms with Crippen molar-refractivity contribution in [3.8, 4) is 0 Å². The zero-order valence-corrected chi connectivity index (χ0v) is 15.7. The minimum absolute atomic E-state index is 0.0515. The van der Waals surface area contributed by atoms with Gasteiger partial charge in [0, 0.05) is 23.9 Å². The van der Waals surface area contributed by atoms with Gasteiger partial charge in [-0.05, 0) is 50.2 Å². The third-order valence-electron chi connectivity index (χ3n) is 5.37. The number of amides is 1. The molecule has 0 spiro atoms. The Morgan fingerprint density at radius 2 is 2.04 bits per heavy atom. The van der Waals surface area contributed by atoms with E-state index in [1.807, 2.05) is 32.0 Å². The second-order valence-corrected chi connectivity index (χ2v) is 7.37. The van der Waals surface area contributed by atoms with Crippen molar-refractivity contribution >= 4 is 11.6 Å². The summed E-state index contributed by atoms with van der Waals surface area (Å²) >= 11 is 0. The average Bonchev–Trinajstić information content (AvgIpc) is 3.42. The van der Waals surface area contributed by atoms with Crippen LogP contribution >= 0.6 is 0 Å². The summed E-state index contributed by atoms with van der Waals surface area (Å²) in [7, 11) is 0. The molecule has 1 aromatic carbocycles. The molecule has 140 valence electrons. The molecule has 6 heteroatoms. The highest BCUT2D eigenvalue weighted by molar-refractivity contribution is 5.77. The van der Waals surface area contributed by atoms with E-state index in [1.54, 1.807) is 4.52 Å². The van der Waals surface area contributed by atoms with E-state index in [2.05, 4.69) is 27.5 Å². The number of fused-ring (bicyclic) bond motifs is 1. The largest absolute Gasteiger partial charge is 0.349 e. The number of nitrogens with one attached hydrogen (secondary N) is 2. The Balaban J connectivity index is 1.47. The van der Waals surface area contributed by atoms with E-state index in [0.29, 0.717) is 24.4 Å². The van der Waals surface area contributed by atoms with Crippen LogP contribution in [0.3, 0.4) is 0 Å². The van der Waals surface area contributed by atoms with Gasteiger partial charge in [0.15, 0.2) is 5.65 Å². The predicted molar refractivity (Wildman–Crippen MR) is 104 cm³/mol. The van der Waals surface area contributed by atoms with Gasteiger partial charge in [-0.1, -0.05) is 30.3 Å². The number of aromatic nitrogens is 3. The third-order valence-corrected chi connectivity index (χ3v) is 5.37. The van der Waals surface area contributed by atoms with E-state index < -0.39 is 0 Å². The fraction of sp³-hybridized carbons (Fsp3) is 0.381. The van der Waals surface area contributed by atoms with Gasteiger partial charge >= 0.3 is 0 Å². The minimum Gasteiger partial charge on any atom is -0.349 e. The molecule has 1 aliphatic carbocycles. The maximum absolute atomic E-state index is 12.6. The fourth-order valence-electron chi connectivity index (χ4n) is 3.76. The minimum atomic E-state index is -0.171. The summed E-state index contributed by atoms with van der Waals surface area (Å²) in [5.41, 5.74) is 4.41.